The molecule has 0 aliphatic rings. The van der Waals surface area contributed by atoms with E-state index in [0.717, 1.165) is 12.4 Å². The molecule has 2 aromatic rings. The van der Waals surface area contributed by atoms with Crippen LogP contribution in [0.2, 0.25) is 0 Å². The number of rotatable bonds is 5. The highest BCUT2D eigenvalue weighted by atomic mass is 16.5. The summed E-state index contributed by atoms with van der Waals surface area (Å²) < 4.78 is 5.22. The van der Waals surface area contributed by atoms with Crippen molar-refractivity contribution in [1.82, 2.24) is 10.2 Å². The smallest absolute Gasteiger partial charge is 0.233 e. The topological polar surface area (TPSA) is 47.0 Å². The first kappa shape index (κ1) is 11.4. The zero-order valence-electron chi connectivity index (χ0n) is 9.76. The zero-order chi connectivity index (χ0) is 11.9. The molecule has 0 fully saturated rings. The lowest BCUT2D eigenvalue weighted by Gasteiger charge is -2.05. The molecular formula is C13H15N3O. The van der Waals surface area contributed by atoms with Crippen molar-refractivity contribution in [2.75, 3.05) is 11.9 Å². The molecule has 0 bridgehead atoms. The van der Waals surface area contributed by atoms with E-state index in [2.05, 4.69) is 27.6 Å². The third-order valence-electron chi connectivity index (χ3n) is 2.25. The zero-order valence-corrected chi connectivity index (χ0v) is 9.76. The SMILES string of the molecule is CCOc1ccc(NCc2ccccc2)nn1. The predicted octanol–water partition coefficient (Wildman–Crippen LogP) is 2.49. The molecule has 1 aromatic carbocycles. The molecule has 1 N–H and O–H groups in total. The Hall–Kier alpha value is -2.10. The van der Waals surface area contributed by atoms with Gasteiger partial charge < -0.3 is 10.1 Å². The fraction of sp³-hybridized carbons (Fsp3) is 0.231. The molecule has 0 unspecified atom stereocenters. The van der Waals surface area contributed by atoms with Gasteiger partial charge in [-0.3, -0.25) is 0 Å². The fourth-order valence-corrected chi connectivity index (χ4v) is 1.43. The van der Waals surface area contributed by atoms with E-state index in [-0.39, 0.29) is 0 Å². The number of nitrogens with one attached hydrogen (secondary N) is 1. The number of aromatic nitrogens is 2. The summed E-state index contributed by atoms with van der Waals surface area (Å²) in [5, 5.41) is 11.2. The Morgan fingerprint density at radius 2 is 1.88 bits per heavy atom. The van der Waals surface area contributed by atoms with Gasteiger partial charge in [-0.2, -0.15) is 0 Å². The Kier molecular flexibility index (Phi) is 3.91. The van der Waals surface area contributed by atoms with Crippen LogP contribution in [0.3, 0.4) is 0 Å². The lowest BCUT2D eigenvalue weighted by molar-refractivity contribution is 0.323. The van der Waals surface area contributed by atoms with Gasteiger partial charge in [0, 0.05) is 12.6 Å². The second-order valence-electron chi connectivity index (χ2n) is 3.53. The molecule has 0 aliphatic heterocycles. The third-order valence-corrected chi connectivity index (χ3v) is 2.25. The van der Waals surface area contributed by atoms with E-state index in [1.807, 2.05) is 37.3 Å². The van der Waals surface area contributed by atoms with Crippen molar-refractivity contribution in [3.05, 3.63) is 48.0 Å². The summed E-state index contributed by atoms with van der Waals surface area (Å²) in [5.41, 5.74) is 1.21. The summed E-state index contributed by atoms with van der Waals surface area (Å²) in [7, 11) is 0. The van der Waals surface area contributed by atoms with Gasteiger partial charge in [0.15, 0.2) is 0 Å². The van der Waals surface area contributed by atoms with E-state index in [9.17, 15) is 0 Å². The minimum atomic E-state index is 0.553. The van der Waals surface area contributed by atoms with Gasteiger partial charge in [-0.15, -0.1) is 10.2 Å². The highest BCUT2D eigenvalue weighted by molar-refractivity contribution is 5.35. The largest absolute Gasteiger partial charge is 0.477 e. The van der Waals surface area contributed by atoms with Crippen molar-refractivity contribution in [3.8, 4) is 5.88 Å². The Bertz CT molecular complexity index is 442. The Balaban J connectivity index is 1.91. The molecule has 1 heterocycles. The minimum Gasteiger partial charge on any atom is -0.477 e. The Morgan fingerprint density at radius 1 is 1.06 bits per heavy atom. The van der Waals surface area contributed by atoms with E-state index in [0.29, 0.717) is 12.5 Å². The fourth-order valence-electron chi connectivity index (χ4n) is 1.43. The van der Waals surface area contributed by atoms with Crippen LogP contribution >= 0.6 is 0 Å². The molecule has 0 atom stereocenters. The molecule has 0 saturated carbocycles. The monoisotopic (exact) mass is 229 g/mol. The van der Waals surface area contributed by atoms with Gasteiger partial charge in [-0.05, 0) is 18.6 Å². The number of anilines is 1. The summed E-state index contributed by atoms with van der Waals surface area (Å²) in [6, 6.07) is 13.8. The van der Waals surface area contributed by atoms with Gasteiger partial charge in [-0.1, -0.05) is 30.3 Å². The third kappa shape index (κ3) is 3.45. The van der Waals surface area contributed by atoms with Gasteiger partial charge in [0.25, 0.3) is 0 Å². The standard InChI is InChI=1S/C13H15N3O/c1-2-17-13-9-8-12(15-16-13)14-10-11-6-4-3-5-7-11/h3-9H,2,10H2,1H3,(H,14,15). The molecule has 0 saturated heterocycles. The lowest BCUT2D eigenvalue weighted by Crippen LogP contribution is -2.03. The van der Waals surface area contributed by atoms with E-state index in [1.54, 1.807) is 0 Å². The van der Waals surface area contributed by atoms with Crippen LogP contribution in [-0.4, -0.2) is 16.8 Å². The van der Waals surface area contributed by atoms with Gasteiger partial charge in [0.2, 0.25) is 5.88 Å². The van der Waals surface area contributed by atoms with Crippen LogP contribution in [-0.2, 0) is 6.54 Å². The van der Waals surface area contributed by atoms with E-state index >= 15 is 0 Å². The highest BCUT2D eigenvalue weighted by Crippen LogP contribution is 2.09. The lowest BCUT2D eigenvalue weighted by atomic mass is 10.2. The number of ether oxygens (including phenoxy) is 1. The van der Waals surface area contributed by atoms with Crippen LogP contribution in [0.4, 0.5) is 5.82 Å². The number of hydrogen-bond donors (Lipinski definition) is 1. The summed E-state index contributed by atoms with van der Waals surface area (Å²) in [4.78, 5) is 0. The van der Waals surface area contributed by atoms with Gasteiger partial charge >= 0.3 is 0 Å². The summed E-state index contributed by atoms with van der Waals surface area (Å²) in [6.07, 6.45) is 0. The van der Waals surface area contributed by atoms with Gasteiger partial charge in [0.05, 0.1) is 6.61 Å². The van der Waals surface area contributed by atoms with E-state index in [4.69, 9.17) is 4.74 Å². The first-order valence-electron chi connectivity index (χ1n) is 5.63. The number of hydrogen-bond acceptors (Lipinski definition) is 4. The van der Waals surface area contributed by atoms with Gasteiger partial charge in [-0.25, -0.2) is 0 Å². The first-order chi connectivity index (χ1) is 8.38. The maximum absolute atomic E-state index is 5.22. The second kappa shape index (κ2) is 5.84. The summed E-state index contributed by atoms with van der Waals surface area (Å²) >= 11 is 0. The molecule has 88 valence electrons. The minimum absolute atomic E-state index is 0.553. The molecule has 4 nitrogen and oxygen atoms in total. The molecule has 0 radical (unpaired) electrons. The molecule has 4 heteroatoms. The predicted molar refractivity (Wildman–Crippen MR) is 67.0 cm³/mol. The van der Waals surface area contributed by atoms with Crippen LogP contribution < -0.4 is 10.1 Å². The van der Waals surface area contributed by atoms with Crippen LogP contribution in [0.25, 0.3) is 0 Å². The van der Waals surface area contributed by atoms with E-state index in [1.165, 1.54) is 5.56 Å². The van der Waals surface area contributed by atoms with Crippen molar-refractivity contribution in [2.24, 2.45) is 0 Å². The maximum atomic E-state index is 5.22. The van der Waals surface area contributed by atoms with Crippen LogP contribution in [0.5, 0.6) is 5.88 Å². The average molecular weight is 229 g/mol. The quantitative estimate of drug-likeness (QED) is 0.855. The molecule has 0 aliphatic carbocycles. The van der Waals surface area contributed by atoms with Crippen molar-refractivity contribution in [1.29, 1.82) is 0 Å². The van der Waals surface area contributed by atoms with Crippen molar-refractivity contribution in [2.45, 2.75) is 13.5 Å². The van der Waals surface area contributed by atoms with Gasteiger partial charge in [0.1, 0.15) is 5.82 Å². The van der Waals surface area contributed by atoms with E-state index < -0.39 is 0 Å². The molecule has 2 rings (SSSR count). The number of benzene rings is 1. The average Bonchev–Trinajstić information content (AvgIpc) is 2.40. The second-order valence-corrected chi connectivity index (χ2v) is 3.53. The molecule has 0 amide bonds. The molecule has 17 heavy (non-hydrogen) atoms. The number of nitrogens with zero attached hydrogens (tertiary/aromatic N) is 2. The molecule has 1 aromatic heterocycles. The normalized spacial score (nSPS) is 9.94. The maximum Gasteiger partial charge on any atom is 0.233 e. The molecule has 0 spiro atoms. The van der Waals surface area contributed by atoms with Crippen molar-refractivity contribution in [3.63, 3.8) is 0 Å². The van der Waals surface area contributed by atoms with Crippen molar-refractivity contribution >= 4 is 5.82 Å². The Morgan fingerprint density at radius 3 is 2.53 bits per heavy atom. The first-order valence-corrected chi connectivity index (χ1v) is 5.63. The molecular weight excluding hydrogens is 214 g/mol. The highest BCUT2D eigenvalue weighted by Gasteiger charge is 1.97. The summed E-state index contributed by atoms with van der Waals surface area (Å²) in [6.45, 7) is 3.26. The van der Waals surface area contributed by atoms with Crippen molar-refractivity contribution < 1.29 is 4.74 Å². The Labute approximate surface area is 101 Å². The van der Waals surface area contributed by atoms with Crippen LogP contribution in [0.15, 0.2) is 42.5 Å². The van der Waals surface area contributed by atoms with Crippen LogP contribution in [0.1, 0.15) is 12.5 Å². The van der Waals surface area contributed by atoms with Crippen LogP contribution in [0, 0.1) is 0 Å². The summed E-state index contributed by atoms with van der Waals surface area (Å²) in [5.74, 6) is 1.30.